The third kappa shape index (κ3) is 15.2. The summed E-state index contributed by atoms with van der Waals surface area (Å²) in [5.41, 5.74) is 15.2. The molecule has 0 spiro atoms. The van der Waals surface area contributed by atoms with E-state index in [0.717, 1.165) is 22.5 Å². The standard InChI is InChI=1S/2C13H12N4S.ClHO4.Fe/c2*14-13(18)17-16-12(10-6-2-1-3-7-10)11-8-4-5-9-15-11;2-1(3,4)5;/h2*1-9H,(H3,14,17,18);(H,2,3,4,5);/q;;;+3/p-3/b2*16-12+;;. The average molecular weight is 666 g/mol. The van der Waals surface area contributed by atoms with Gasteiger partial charge in [0.2, 0.25) is 0 Å². The Morgan fingerprint density at radius 2 is 0.857 bits per heavy atom. The van der Waals surface area contributed by atoms with Crippen LogP contribution in [0.25, 0.3) is 0 Å². The molecule has 4 aromatic rings. The zero-order valence-electron chi connectivity index (χ0n) is 21.4. The van der Waals surface area contributed by atoms with E-state index >= 15 is 0 Å². The topological polar surface area (TPSA) is 220 Å². The van der Waals surface area contributed by atoms with Crippen LogP contribution < -0.4 is 30.1 Å². The van der Waals surface area contributed by atoms with Gasteiger partial charge in [0.05, 0.1) is 11.4 Å². The number of pyridine rings is 2. The molecule has 16 heteroatoms. The Kier molecular flexibility index (Phi) is 16.6. The number of nitrogens with zero attached hydrogens (tertiary/aromatic N) is 6. The second-order valence-electron chi connectivity index (χ2n) is 7.31. The van der Waals surface area contributed by atoms with Crippen LogP contribution in [0.1, 0.15) is 22.5 Å². The first kappa shape index (κ1) is 36.1. The molecule has 0 aliphatic carbocycles. The number of rotatable bonds is 6. The normalized spacial score (nSPS) is 12.1. The second kappa shape index (κ2) is 19.3. The van der Waals surface area contributed by atoms with Crippen LogP contribution in [0.2, 0.25) is 0 Å². The van der Waals surface area contributed by atoms with Crippen molar-refractivity contribution in [2.75, 3.05) is 0 Å². The van der Waals surface area contributed by atoms with Gasteiger partial charge in [0, 0.05) is 23.5 Å². The molecule has 217 valence electrons. The Balaban J connectivity index is 0.000000355. The number of hydrogen-bond donors (Lipinski definition) is 2. The maximum absolute atomic E-state index is 8.49. The fourth-order valence-corrected chi connectivity index (χ4v) is 2.99. The van der Waals surface area contributed by atoms with Crippen LogP contribution in [0.5, 0.6) is 0 Å². The van der Waals surface area contributed by atoms with Crippen molar-refractivity contribution in [2.24, 2.45) is 31.9 Å². The molecule has 1 radical (unpaired) electrons. The number of benzene rings is 2. The number of amidine groups is 2. The van der Waals surface area contributed by atoms with Crippen LogP contribution in [0.4, 0.5) is 0 Å². The van der Waals surface area contributed by atoms with E-state index in [1.807, 2.05) is 97.1 Å². The first-order chi connectivity index (χ1) is 19.5. The van der Waals surface area contributed by atoms with Gasteiger partial charge in [0.1, 0.15) is 11.4 Å². The van der Waals surface area contributed by atoms with E-state index in [2.05, 4.69) is 30.4 Å². The summed E-state index contributed by atoms with van der Waals surface area (Å²) < 4.78 is 34.0. The van der Waals surface area contributed by atoms with Crippen LogP contribution >= 0.6 is 0 Å². The van der Waals surface area contributed by atoms with Gasteiger partial charge in [-0.2, -0.15) is 10.2 Å². The van der Waals surface area contributed by atoms with E-state index in [1.165, 1.54) is 0 Å². The molecule has 12 nitrogen and oxygen atoms in total. The van der Waals surface area contributed by atoms with E-state index in [9.17, 15) is 0 Å². The van der Waals surface area contributed by atoms with E-state index in [-0.39, 0.29) is 27.4 Å². The Morgan fingerprint density at radius 3 is 1.12 bits per heavy atom. The molecule has 0 saturated carbocycles. The molecular weight excluding hydrogens is 644 g/mol. The Hall–Kier alpha value is -3.89. The molecule has 0 atom stereocenters. The zero-order chi connectivity index (χ0) is 30.1. The number of halogens is 1. The molecule has 2 aromatic carbocycles. The minimum atomic E-state index is -4.94. The molecule has 0 amide bonds. The van der Waals surface area contributed by atoms with Crippen molar-refractivity contribution < 1.29 is 45.9 Å². The van der Waals surface area contributed by atoms with Crippen molar-refractivity contribution in [3.8, 4) is 0 Å². The van der Waals surface area contributed by atoms with Gasteiger partial charge in [-0.3, -0.25) is 9.97 Å². The third-order valence-corrected chi connectivity index (χ3v) is 4.57. The molecule has 0 saturated heterocycles. The van der Waals surface area contributed by atoms with E-state index in [1.54, 1.807) is 12.4 Å². The summed E-state index contributed by atoms with van der Waals surface area (Å²) >= 11 is 9.39. The van der Waals surface area contributed by atoms with Crippen LogP contribution in [-0.4, -0.2) is 31.7 Å². The maximum Gasteiger partial charge on any atom is 3.00 e. The summed E-state index contributed by atoms with van der Waals surface area (Å²) in [6.07, 6.45) is 3.41. The smallest absolute Gasteiger partial charge is 0.741 e. The molecule has 0 aliphatic heterocycles. The van der Waals surface area contributed by atoms with Crippen molar-refractivity contribution in [1.82, 2.24) is 9.97 Å². The maximum atomic E-state index is 8.49. The van der Waals surface area contributed by atoms with Gasteiger partial charge in [-0.1, -0.05) is 72.8 Å². The molecular formula is C26H22ClFeN8O4S2. The molecule has 0 aliphatic rings. The largest absolute Gasteiger partial charge is 3.00 e. The Labute approximate surface area is 265 Å². The van der Waals surface area contributed by atoms with Crippen molar-refractivity contribution in [3.05, 3.63) is 132 Å². The van der Waals surface area contributed by atoms with E-state index in [0.29, 0.717) is 11.4 Å². The first-order valence-electron chi connectivity index (χ1n) is 11.3. The molecule has 2 aromatic heterocycles. The molecule has 0 unspecified atom stereocenters. The quantitative estimate of drug-likeness (QED) is 0.0809. The minimum Gasteiger partial charge on any atom is -0.741 e. The van der Waals surface area contributed by atoms with E-state index < -0.39 is 10.2 Å². The van der Waals surface area contributed by atoms with Crippen LogP contribution in [0.15, 0.2) is 130 Å². The molecule has 4 N–H and O–H groups in total. The van der Waals surface area contributed by atoms with Gasteiger partial charge < -0.3 is 36.7 Å². The fraction of sp³-hybridized carbons (Fsp3) is 0. The van der Waals surface area contributed by atoms with Gasteiger partial charge in [0.25, 0.3) is 0 Å². The second-order valence-corrected chi connectivity index (χ2v) is 8.91. The SMILES string of the molecule is N/C([S-])=N/N=C(\c1ccccc1)c1ccccn1.N/C([S-])=N/N=C(\c1ccccc1)c1ccccn1.[Fe+3].[O-][Cl+3]([O-])([O-])[O-]. The summed E-state index contributed by atoms with van der Waals surface area (Å²) in [6, 6.07) is 30.5. The minimum absolute atomic E-state index is 0. The van der Waals surface area contributed by atoms with Gasteiger partial charge in [-0.25, -0.2) is 18.6 Å². The van der Waals surface area contributed by atoms with Crippen LogP contribution in [0, 0.1) is 10.2 Å². The van der Waals surface area contributed by atoms with E-state index in [4.69, 9.17) is 55.4 Å². The first-order valence-corrected chi connectivity index (χ1v) is 13.3. The molecule has 4 rings (SSSR count). The van der Waals surface area contributed by atoms with Crippen molar-refractivity contribution in [1.29, 1.82) is 0 Å². The van der Waals surface area contributed by atoms with Crippen LogP contribution in [0.3, 0.4) is 0 Å². The summed E-state index contributed by atoms with van der Waals surface area (Å²) in [5.74, 6) is 0. The number of aromatic nitrogens is 2. The van der Waals surface area contributed by atoms with Crippen molar-refractivity contribution >= 4 is 47.0 Å². The predicted octanol–water partition coefficient (Wildman–Crippen LogP) is -1.37. The number of nitrogens with two attached hydrogens (primary N) is 2. The molecule has 0 fully saturated rings. The van der Waals surface area contributed by atoms with Crippen LogP contribution in [-0.2, 0) is 42.3 Å². The number of hydrogen-bond acceptors (Lipinski definition) is 12. The summed E-state index contributed by atoms with van der Waals surface area (Å²) in [4.78, 5) is 8.52. The van der Waals surface area contributed by atoms with Crippen molar-refractivity contribution in [3.63, 3.8) is 0 Å². The van der Waals surface area contributed by atoms with Gasteiger partial charge >= 0.3 is 17.1 Å². The summed E-state index contributed by atoms with van der Waals surface area (Å²) in [6.45, 7) is 0. The monoisotopic (exact) mass is 665 g/mol. The van der Waals surface area contributed by atoms with Gasteiger partial charge in [-0.15, -0.1) is 20.4 Å². The van der Waals surface area contributed by atoms with Gasteiger partial charge in [-0.05, 0) is 34.6 Å². The van der Waals surface area contributed by atoms with Crippen molar-refractivity contribution in [2.45, 2.75) is 0 Å². The third-order valence-electron chi connectivity index (χ3n) is 4.41. The fourth-order valence-electron chi connectivity index (χ4n) is 2.91. The summed E-state index contributed by atoms with van der Waals surface area (Å²) in [5, 5.41) is 15.6. The average Bonchev–Trinajstić information content (AvgIpc) is 2.95. The Morgan fingerprint density at radius 1 is 0.548 bits per heavy atom. The molecule has 42 heavy (non-hydrogen) atoms. The predicted molar refractivity (Wildman–Crippen MR) is 151 cm³/mol. The zero-order valence-corrected chi connectivity index (χ0v) is 24.9. The van der Waals surface area contributed by atoms with Gasteiger partial charge in [0.15, 0.2) is 0 Å². The molecule has 2 heterocycles. The molecule has 0 bridgehead atoms. The summed E-state index contributed by atoms with van der Waals surface area (Å²) in [7, 11) is -4.94. The Bertz CT molecular complexity index is 1260.